The monoisotopic (exact) mass is 892 g/mol. The molecule has 1 unspecified atom stereocenters. The number of hydrogen-bond donors (Lipinski definition) is 0. The molecule has 0 saturated heterocycles. The van der Waals surface area contributed by atoms with Crippen LogP contribution in [-0.2, 0) is 39.4 Å². The third kappa shape index (κ3) is 8.06. The molecule has 0 aromatic heterocycles. The van der Waals surface area contributed by atoms with Crippen LogP contribution in [-0.4, -0.2) is 4.21 Å². The number of benzene rings is 6. The molecule has 0 heterocycles. The molecular formula is C51H50Cl4Zr. The molecule has 0 aliphatic heterocycles. The molecule has 286 valence electrons. The molecule has 0 N–H and O–H groups in total. The normalized spacial score (nSPS) is 13.7. The van der Waals surface area contributed by atoms with E-state index in [9.17, 15) is 0 Å². The van der Waals surface area contributed by atoms with Gasteiger partial charge in [-0.3, -0.25) is 0 Å². The van der Waals surface area contributed by atoms with E-state index in [0.717, 1.165) is 37.6 Å². The van der Waals surface area contributed by atoms with E-state index in [1.165, 1.54) is 61.2 Å². The topological polar surface area (TPSA) is 0 Å². The number of halogens is 4. The van der Waals surface area contributed by atoms with Crippen LogP contribution in [0.15, 0.2) is 155 Å². The van der Waals surface area contributed by atoms with Crippen LogP contribution in [0.4, 0.5) is 0 Å². The summed E-state index contributed by atoms with van der Waals surface area (Å²) < 4.78 is 10.8. The van der Waals surface area contributed by atoms with E-state index in [1.807, 2.05) is 0 Å². The zero-order chi connectivity index (χ0) is 37.5. The summed E-state index contributed by atoms with van der Waals surface area (Å²) in [4.78, 5) is 0. The predicted molar refractivity (Wildman–Crippen MR) is 246 cm³/mol. The molecule has 0 bridgehead atoms. The molecule has 6 aromatic rings. The summed E-state index contributed by atoms with van der Waals surface area (Å²) in [5, 5.41) is 1.53. The van der Waals surface area contributed by atoms with E-state index in [1.54, 1.807) is 6.55 Å². The first-order valence-electron chi connectivity index (χ1n) is 19.4. The molecule has 8 rings (SSSR count). The number of allylic oxidation sites excluding steroid dienone is 4. The van der Waals surface area contributed by atoms with Crippen molar-refractivity contribution in [3.8, 4) is 22.3 Å². The quantitative estimate of drug-likeness (QED) is 0.121. The second-order valence-electron chi connectivity index (χ2n) is 16.3. The van der Waals surface area contributed by atoms with Crippen LogP contribution in [0.2, 0.25) is 10.0 Å². The third-order valence-electron chi connectivity index (χ3n) is 12.4. The van der Waals surface area contributed by atoms with Crippen LogP contribution in [0.5, 0.6) is 0 Å². The molecule has 6 aromatic carbocycles. The van der Waals surface area contributed by atoms with Gasteiger partial charge in [0.2, 0.25) is 0 Å². The summed E-state index contributed by atoms with van der Waals surface area (Å²) in [6.45, 7) is 7.04. The molecule has 2 aliphatic carbocycles. The van der Waals surface area contributed by atoms with Crippen molar-refractivity contribution in [1.82, 2.24) is 0 Å². The number of fused-ring (bicyclic) bond motifs is 3. The van der Waals surface area contributed by atoms with Gasteiger partial charge in [0, 0.05) is 0 Å². The first kappa shape index (κ1) is 42.3. The van der Waals surface area contributed by atoms with Crippen LogP contribution in [0, 0.1) is 12.8 Å². The van der Waals surface area contributed by atoms with Crippen molar-refractivity contribution in [2.24, 2.45) is 5.92 Å². The molecule has 5 heteroatoms. The van der Waals surface area contributed by atoms with Gasteiger partial charge in [0.05, 0.1) is 0 Å². The van der Waals surface area contributed by atoms with Crippen LogP contribution < -0.4 is 3.27 Å². The van der Waals surface area contributed by atoms with Crippen LogP contribution >= 0.6 is 48.0 Å². The van der Waals surface area contributed by atoms with Gasteiger partial charge in [-0.15, -0.1) is 24.8 Å². The summed E-state index contributed by atoms with van der Waals surface area (Å²) in [5.74, 6) is 0.833. The molecule has 1 atom stereocenters. The van der Waals surface area contributed by atoms with Crippen LogP contribution in [0.3, 0.4) is 0 Å². The van der Waals surface area contributed by atoms with Gasteiger partial charge in [-0.2, -0.15) is 0 Å². The second kappa shape index (κ2) is 17.3. The van der Waals surface area contributed by atoms with E-state index in [-0.39, 0.29) is 24.8 Å². The van der Waals surface area contributed by atoms with Crippen LogP contribution in [0.1, 0.15) is 65.1 Å². The Morgan fingerprint density at radius 1 is 0.679 bits per heavy atom. The third-order valence-corrected chi connectivity index (χ3v) is 28.9. The van der Waals surface area contributed by atoms with Gasteiger partial charge in [0.15, 0.2) is 0 Å². The number of hydrogen-bond acceptors (Lipinski definition) is 0. The maximum absolute atomic E-state index is 6.54. The molecule has 0 fully saturated rings. The average Bonchev–Trinajstić information content (AvgIpc) is 3.86. The van der Waals surface area contributed by atoms with Crippen molar-refractivity contribution in [3.05, 3.63) is 204 Å². The Morgan fingerprint density at radius 2 is 1.27 bits per heavy atom. The molecule has 0 saturated carbocycles. The van der Waals surface area contributed by atoms with Gasteiger partial charge in [-0.25, -0.2) is 0 Å². The first-order chi connectivity index (χ1) is 26.1. The zero-order valence-corrected chi connectivity index (χ0v) is 38.0. The van der Waals surface area contributed by atoms with Crippen molar-refractivity contribution in [2.75, 3.05) is 0 Å². The van der Waals surface area contributed by atoms with E-state index in [4.69, 9.17) is 27.4 Å². The Balaban J connectivity index is 0.00000266. The minimum absolute atomic E-state index is 0. The Bertz CT molecular complexity index is 2410. The predicted octanol–water partition coefficient (Wildman–Crippen LogP) is 14.4. The number of aryl methyl sites for hydroxylation is 1. The molecule has 0 spiro atoms. The van der Waals surface area contributed by atoms with Crippen molar-refractivity contribution >= 4 is 55.5 Å². The standard InChI is InChI=1S/C31H29.2C7H6Cl.C5H5.CH2.2ClH.Zr/c1-21(2)29(24-10-6-4-7-11-24)18-23-14-15-28-26(17-23)19-27-20-30(22(3)16-31(27)28)25-12-8-5-9-13-25;2*1-6-2-4-7(8)5-3-6;1-2-4-5-3-1;;;;/h4-16,20-21,29H,18-19H2,1-3H3;2*2-5H,1H2;1-3H,4H2;1H2;2*1H;. The average molecular weight is 896 g/mol. The summed E-state index contributed by atoms with van der Waals surface area (Å²) in [6, 6.07) is 49.2. The minimum atomic E-state index is -4.74. The van der Waals surface area contributed by atoms with Crippen molar-refractivity contribution in [2.45, 2.75) is 54.2 Å². The first-order valence-corrected chi connectivity index (χ1v) is 27.8. The second-order valence-corrected chi connectivity index (χ2v) is 31.3. The molecular weight excluding hydrogens is 846 g/mol. The van der Waals surface area contributed by atoms with Gasteiger partial charge >= 0.3 is 335 Å². The summed E-state index contributed by atoms with van der Waals surface area (Å²) in [5.41, 5.74) is 15.1. The summed E-state index contributed by atoms with van der Waals surface area (Å²) in [6.07, 6.45) is 9.90. The van der Waals surface area contributed by atoms with Gasteiger partial charge < -0.3 is 0 Å². The van der Waals surface area contributed by atoms with E-state index in [2.05, 4.69) is 172 Å². The molecule has 0 nitrogen and oxygen atoms in total. The Kier molecular flexibility index (Phi) is 13.1. The molecule has 0 radical (unpaired) electrons. The maximum atomic E-state index is 6.54. The van der Waals surface area contributed by atoms with Gasteiger partial charge in [0.25, 0.3) is 0 Å². The van der Waals surface area contributed by atoms with Gasteiger partial charge in [-0.05, 0) is 0 Å². The Labute approximate surface area is 357 Å². The Hall–Kier alpha value is -3.29. The fourth-order valence-corrected chi connectivity index (χ4v) is 27.1. The zero-order valence-electron chi connectivity index (χ0n) is 32.4. The van der Waals surface area contributed by atoms with E-state index < -0.39 is 18.3 Å². The fourth-order valence-electron chi connectivity index (χ4n) is 9.81. The molecule has 0 amide bonds. The molecule has 56 heavy (non-hydrogen) atoms. The number of rotatable bonds is 11. The molecule has 2 aliphatic rings. The Morgan fingerprint density at radius 3 is 1.82 bits per heavy atom. The van der Waals surface area contributed by atoms with Crippen molar-refractivity contribution in [3.63, 3.8) is 0 Å². The van der Waals surface area contributed by atoms with Crippen molar-refractivity contribution < 1.29 is 18.3 Å². The van der Waals surface area contributed by atoms with Gasteiger partial charge in [-0.1, -0.05) is 0 Å². The summed E-state index contributed by atoms with van der Waals surface area (Å²) in [7, 11) is 0. The summed E-state index contributed by atoms with van der Waals surface area (Å²) >= 11 is 8.35. The fraction of sp³-hybridized carbons (Fsp3) is 0.196. The van der Waals surface area contributed by atoms with E-state index >= 15 is 0 Å². The van der Waals surface area contributed by atoms with Crippen LogP contribution in [0.25, 0.3) is 22.3 Å². The van der Waals surface area contributed by atoms with Crippen molar-refractivity contribution in [1.29, 1.82) is 0 Å². The van der Waals surface area contributed by atoms with Gasteiger partial charge in [0.1, 0.15) is 0 Å². The van der Waals surface area contributed by atoms with E-state index in [0.29, 0.717) is 11.8 Å². The SMILES string of the molecule is Cl.Cl.[CH2]=[Zr]([CH2]c1ccc(Cl)cc1)([CH2]c1ccc(Cl)cc1)([C]1=CC=CC1)[c]1c(CC(c2ccccc2)C(C)C)ccc2c1Cc1cc(-c3ccccc3)c(C)cc1-2.